The van der Waals surface area contributed by atoms with Crippen LogP contribution in [0.25, 0.3) is 0 Å². The minimum atomic E-state index is -0.707. The van der Waals surface area contributed by atoms with Crippen LogP contribution >= 0.6 is 23.4 Å². The van der Waals surface area contributed by atoms with Crippen LogP contribution in [-0.2, 0) is 10.3 Å². The molecule has 1 aliphatic heterocycles. The van der Waals surface area contributed by atoms with Crippen molar-refractivity contribution in [3.8, 4) is 11.5 Å². The molecule has 1 fully saturated rings. The fourth-order valence-corrected chi connectivity index (χ4v) is 5.87. The molecule has 1 heterocycles. The van der Waals surface area contributed by atoms with Gasteiger partial charge in [-0.1, -0.05) is 30.7 Å². The van der Waals surface area contributed by atoms with E-state index < -0.39 is 5.54 Å². The maximum absolute atomic E-state index is 12.7. The summed E-state index contributed by atoms with van der Waals surface area (Å²) in [4.78, 5) is 13.9. The quantitative estimate of drug-likeness (QED) is 0.598. The van der Waals surface area contributed by atoms with E-state index in [1.54, 1.807) is 18.9 Å². The molecule has 0 bridgehead atoms. The summed E-state index contributed by atoms with van der Waals surface area (Å²) < 4.78 is 12.3. The molecule has 2 aromatic carbocycles. The number of ether oxygens (including phenoxy) is 2. The van der Waals surface area contributed by atoms with Crippen LogP contribution in [-0.4, -0.2) is 24.9 Å². The van der Waals surface area contributed by atoms with Crippen molar-refractivity contribution < 1.29 is 14.3 Å². The maximum Gasteiger partial charge on any atom is 0.220 e. The molecule has 30 heavy (non-hydrogen) atoms. The molecule has 1 atom stereocenters. The predicted molar refractivity (Wildman–Crippen MR) is 122 cm³/mol. The Balaban J connectivity index is 1.92. The summed E-state index contributed by atoms with van der Waals surface area (Å²) in [6, 6.07) is 11.9. The zero-order valence-corrected chi connectivity index (χ0v) is 19.1. The third kappa shape index (κ3) is 4.02. The Labute approximate surface area is 187 Å². The lowest BCUT2D eigenvalue weighted by molar-refractivity contribution is -0.122. The van der Waals surface area contributed by atoms with Crippen molar-refractivity contribution in [2.75, 3.05) is 12.9 Å². The third-order valence-electron chi connectivity index (χ3n) is 6.06. The SMILES string of the molecule is CCC(=O)NC1(c2cccc(OC)c2OC2CCCC2)CCSc2ccc(Cl)cc21. The number of fused-ring (bicyclic) bond motifs is 1. The number of para-hydroxylation sites is 1. The van der Waals surface area contributed by atoms with Crippen molar-refractivity contribution in [2.24, 2.45) is 0 Å². The van der Waals surface area contributed by atoms with E-state index in [2.05, 4.69) is 11.4 Å². The number of benzene rings is 2. The fourth-order valence-electron chi connectivity index (χ4n) is 4.52. The van der Waals surface area contributed by atoms with Gasteiger partial charge in [0, 0.05) is 27.7 Å². The van der Waals surface area contributed by atoms with Gasteiger partial charge >= 0.3 is 0 Å². The van der Waals surface area contributed by atoms with Gasteiger partial charge in [-0.2, -0.15) is 0 Å². The second-order valence-corrected chi connectivity index (χ2v) is 9.48. The average Bonchev–Trinajstić information content (AvgIpc) is 3.27. The molecule has 0 spiro atoms. The van der Waals surface area contributed by atoms with Gasteiger partial charge in [0.2, 0.25) is 5.91 Å². The number of halogens is 1. The molecule has 4 rings (SSSR count). The van der Waals surface area contributed by atoms with Crippen LogP contribution in [0.3, 0.4) is 0 Å². The van der Waals surface area contributed by atoms with Crippen LogP contribution in [0.5, 0.6) is 11.5 Å². The standard InChI is InChI=1S/C24H28ClNO3S/c1-3-22(27)26-24(13-14-30-21-12-11-16(25)15-19(21)24)18-9-6-10-20(28-2)23(18)29-17-7-4-5-8-17/h6,9-12,15,17H,3-5,7-8,13-14H2,1-2H3,(H,26,27). The Hall–Kier alpha value is -1.85. The number of hydrogen-bond acceptors (Lipinski definition) is 4. The Morgan fingerprint density at radius 2 is 2.03 bits per heavy atom. The first-order valence-electron chi connectivity index (χ1n) is 10.7. The summed E-state index contributed by atoms with van der Waals surface area (Å²) in [5.74, 6) is 2.33. The third-order valence-corrected chi connectivity index (χ3v) is 7.37. The van der Waals surface area contributed by atoms with Crippen LogP contribution in [0.4, 0.5) is 0 Å². The van der Waals surface area contributed by atoms with Crippen LogP contribution in [0.15, 0.2) is 41.3 Å². The fraction of sp³-hybridized carbons (Fsp3) is 0.458. The van der Waals surface area contributed by atoms with Crippen LogP contribution in [0.1, 0.15) is 56.6 Å². The first-order valence-corrected chi connectivity index (χ1v) is 12.0. The van der Waals surface area contributed by atoms with E-state index in [1.807, 2.05) is 37.3 Å². The molecule has 4 nitrogen and oxygen atoms in total. The monoisotopic (exact) mass is 445 g/mol. The predicted octanol–water partition coefficient (Wildman–Crippen LogP) is 5.94. The summed E-state index contributed by atoms with van der Waals surface area (Å²) in [5.41, 5.74) is 1.26. The van der Waals surface area contributed by atoms with Crippen molar-refractivity contribution >= 4 is 29.3 Å². The number of amides is 1. The topological polar surface area (TPSA) is 47.6 Å². The second-order valence-electron chi connectivity index (χ2n) is 7.91. The van der Waals surface area contributed by atoms with Crippen LogP contribution in [0, 0.1) is 0 Å². The minimum Gasteiger partial charge on any atom is -0.493 e. The molecule has 160 valence electrons. The molecule has 2 aromatic rings. The smallest absolute Gasteiger partial charge is 0.220 e. The van der Waals surface area contributed by atoms with Gasteiger partial charge in [-0.15, -0.1) is 11.8 Å². The molecule has 6 heteroatoms. The highest BCUT2D eigenvalue weighted by Crippen LogP contribution is 2.50. The van der Waals surface area contributed by atoms with Gasteiger partial charge in [-0.25, -0.2) is 0 Å². The molecule has 0 aromatic heterocycles. The van der Waals surface area contributed by atoms with Crippen molar-refractivity contribution in [1.82, 2.24) is 5.32 Å². The summed E-state index contributed by atoms with van der Waals surface area (Å²) in [5, 5.41) is 4.01. The summed E-state index contributed by atoms with van der Waals surface area (Å²) in [6.45, 7) is 1.88. The first kappa shape index (κ1) is 21.4. The second kappa shape index (κ2) is 9.11. The number of methoxy groups -OCH3 is 1. The maximum atomic E-state index is 12.7. The molecule has 1 N–H and O–H groups in total. The first-order chi connectivity index (χ1) is 14.6. The molecular weight excluding hydrogens is 418 g/mol. The molecule has 1 unspecified atom stereocenters. The highest BCUT2D eigenvalue weighted by Gasteiger charge is 2.43. The van der Waals surface area contributed by atoms with Crippen molar-refractivity contribution in [2.45, 2.75) is 62.0 Å². The lowest BCUT2D eigenvalue weighted by Crippen LogP contribution is -2.49. The van der Waals surface area contributed by atoms with Gasteiger partial charge in [0.15, 0.2) is 11.5 Å². The molecule has 2 aliphatic rings. The largest absolute Gasteiger partial charge is 0.493 e. The average molecular weight is 446 g/mol. The molecule has 0 radical (unpaired) electrons. The number of rotatable bonds is 6. The highest BCUT2D eigenvalue weighted by molar-refractivity contribution is 7.99. The van der Waals surface area contributed by atoms with E-state index in [4.69, 9.17) is 21.1 Å². The number of hydrogen-bond donors (Lipinski definition) is 1. The Morgan fingerprint density at radius 1 is 1.23 bits per heavy atom. The number of carbonyl (C=O) groups excluding carboxylic acids is 1. The van der Waals surface area contributed by atoms with E-state index in [0.717, 1.165) is 46.8 Å². The van der Waals surface area contributed by atoms with E-state index in [1.165, 1.54) is 12.8 Å². The summed E-state index contributed by atoms with van der Waals surface area (Å²) in [6.07, 6.45) is 5.80. The molecule has 1 amide bonds. The molecule has 1 aliphatic carbocycles. The van der Waals surface area contributed by atoms with E-state index in [9.17, 15) is 4.79 Å². The van der Waals surface area contributed by atoms with Gasteiger partial charge in [-0.3, -0.25) is 4.79 Å². The zero-order valence-electron chi connectivity index (χ0n) is 17.5. The minimum absolute atomic E-state index is 0.00228. The van der Waals surface area contributed by atoms with Crippen LogP contribution < -0.4 is 14.8 Å². The van der Waals surface area contributed by atoms with Gasteiger partial charge in [0.1, 0.15) is 0 Å². The van der Waals surface area contributed by atoms with E-state index >= 15 is 0 Å². The van der Waals surface area contributed by atoms with Gasteiger partial charge in [0.25, 0.3) is 0 Å². The van der Waals surface area contributed by atoms with Gasteiger partial charge < -0.3 is 14.8 Å². The number of thioether (sulfide) groups is 1. The van der Waals surface area contributed by atoms with Crippen molar-refractivity contribution in [3.05, 3.63) is 52.5 Å². The molecule has 1 saturated carbocycles. The van der Waals surface area contributed by atoms with Crippen molar-refractivity contribution in [3.63, 3.8) is 0 Å². The summed E-state index contributed by atoms with van der Waals surface area (Å²) in [7, 11) is 1.67. The summed E-state index contributed by atoms with van der Waals surface area (Å²) >= 11 is 8.22. The van der Waals surface area contributed by atoms with E-state index in [0.29, 0.717) is 17.2 Å². The Bertz CT molecular complexity index is 929. The highest BCUT2D eigenvalue weighted by atomic mass is 35.5. The number of nitrogens with one attached hydrogen (secondary N) is 1. The number of carbonyl (C=O) groups is 1. The van der Waals surface area contributed by atoms with Gasteiger partial charge in [0.05, 0.1) is 18.8 Å². The molecular formula is C24H28ClNO3S. The normalized spacial score (nSPS) is 21.2. The van der Waals surface area contributed by atoms with Crippen molar-refractivity contribution in [1.29, 1.82) is 0 Å². The van der Waals surface area contributed by atoms with E-state index in [-0.39, 0.29) is 12.0 Å². The lowest BCUT2D eigenvalue weighted by Gasteiger charge is -2.41. The molecule has 0 saturated heterocycles. The van der Waals surface area contributed by atoms with Crippen LogP contribution in [0.2, 0.25) is 5.02 Å². The zero-order chi connectivity index (χ0) is 21.1. The Kier molecular flexibility index (Phi) is 6.49. The Morgan fingerprint density at radius 3 is 2.77 bits per heavy atom. The van der Waals surface area contributed by atoms with Gasteiger partial charge in [-0.05, 0) is 61.9 Å². The lowest BCUT2D eigenvalue weighted by atomic mass is 9.79.